The van der Waals surface area contributed by atoms with Crippen LogP contribution >= 0.6 is 0 Å². The first-order valence-electron chi connectivity index (χ1n) is 6.06. The minimum Gasteiger partial charge on any atom is -0.481 e. The van der Waals surface area contributed by atoms with Crippen LogP contribution in [0.3, 0.4) is 0 Å². The number of aliphatic carboxylic acids is 1. The van der Waals surface area contributed by atoms with Crippen LogP contribution in [0.15, 0.2) is 24.3 Å². The summed E-state index contributed by atoms with van der Waals surface area (Å²) in [6.07, 6.45) is 1.33. The van der Waals surface area contributed by atoms with Gasteiger partial charge in [-0.05, 0) is 24.1 Å². The molecule has 0 aliphatic heterocycles. The molecule has 0 bridgehead atoms. The van der Waals surface area contributed by atoms with Gasteiger partial charge in [-0.3, -0.25) is 9.52 Å². The molecule has 0 aromatic heterocycles. The van der Waals surface area contributed by atoms with Crippen LogP contribution in [0.25, 0.3) is 0 Å². The summed E-state index contributed by atoms with van der Waals surface area (Å²) in [6, 6.07) is 6.26. The van der Waals surface area contributed by atoms with E-state index in [1.165, 1.54) is 12.1 Å². The highest BCUT2D eigenvalue weighted by Gasteiger charge is 2.14. The number of carbonyl (C=O) groups is 1. The van der Waals surface area contributed by atoms with E-state index < -0.39 is 37.3 Å². The van der Waals surface area contributed by atoms with Gasteiger partial charge in [0.2, 0.25) is 10.0 Å². The molecule has 0 unspecified atom stereocenters. The smallest absolute Gasteiger partial charge is 0.303 e. The van der Waals surface area contributed by atoms with Crippen LogP contribution in [0.5, 0.6) is 0 Å². The van der Waals surface area contributed by atoms with Crippen LogP contribution in [-0.2, 0) is 31.1 Å². The first-order valence-corrected chi connectivity index (χ1v) is 9.78. The van der Waals surface area contributed by atoms with E-state index in [2.05, 4.69) is 4.72 Å². The molecule has 0 aliphatic carbocycles. The summed E-state index contributed by atoms with van der Waals surface area (Å²) in [6.45, 7) is 0. The summed E-state index contributed by atoms with van der Waals surface area (Å²) in [7, 11) is -7.08. The fourth-order valence-corrected chi connectivity index (χ4v) is 4.17. The van der Waals surface area contributed by atoms with Crippen molar-refractivity contribution in [2.75, 3.05) is 22.5 Å². The summed E-state index contributed by atoms with van der Waals surface area (Å²) < 4.78 is 47.6. The van der Waals surface area contributed by atoms with Crippen molar-refractivity contribution in [3.05, 3.63) is 29.8 Å². The second-order valence-corrected chi connectivity index (χ2v) is 8.74. The third-order valence-corrected chi connectivity index (χ3v) is 5.07. The van der Waals surface area contributed by atoms with Gasteiger partial charge in [0.25, 0.3) is 0 Å². The zero-order valence-electron chi connectivity index (χ0n) is 11.4. The highest BCUT2D eigenvalue weighted by Crippen LogP contribution is 2.13. The number of carboxylic acid groups (broad SMARTS) is 1. The summed E-state index contributed by atoms with van der Waals surface area (Å²) >= 11 is 0. The van der Waals surface area contributed by atoms with E-state index in [0.717, 1.165) is 11.8 Å². The van der Waals surface area contributed by atoms with E-state index >= 15 is 0 Å². The fourth-order valence-electron chi connectivity index (χ4n) is 1.48. The van der Waals surface area contributed by atoms with Crippen LogP contribution in [0, 0.1) is 0 Å². The van der Waals surface area contributed by atoms with Crippen LogP contribution in [0.1, 0.15) is 12.0 Å². The maximum atomic E-state index is 11.7. The quantitative estimate of drug-likeness (QED) is 0.714. The highest BCUT2D eigenvalue weighted by molar-refractivity contribution is 7.95. The standard InChI is InChI=1S/C12H17NO6S2/c1-20(16,17)8-9-21(18,19)13-11-5-2-10(3-6-11)4-7-12(14)15/h2-3,5-6,13H,4,7-9H2,1H3,(H,14,15). The molecule has 1 rings (SSSR count). The van der Waals surface area contributed by atoms with E-state index in [9.17, 15) is 21.6 Å². The lowest BCUT2D eigenvalue weighted by Gasteiger charge is -2.08. The van der Waals surface area contributed by atoms with Gasteiger partial charge in [0, 0.05) is 18.4 Å². The molecule has 0 saturated carbocycles. The van der Waals surface area contributed by atoms with Crippen molar-refractivity contribution in [2.24, 2.45) is 0 Å². The Bertz CT molecular complexity index is 692. The van der Waals surface area contributed by atoms with Crippen molar-refractivity contribution >= 4 is 31.5 Å². The van der Waals surface area contributed by atoms with Gasteiger partial charge in [0.1, 0.15) is 9.84 Å². The van der Waals surface area contributed by atoms with E-state index in [-0.39, 0.29) is 6.42 Å². The SMILES string of the molecule is CS(=O)(=O)CCS(=O)(=O)Nc1ccc(CCC(=O)O)cc1. The normalized spacial score (nSPS) is 12.0. The summed E-state index contributed by atoms with van der Waals surface area (Å²) in [5.41, 5.74) is 1.08. The molecule has 0 radical (unpaired) electrons. The minimum absolute atomic E-state index is 0.000562. The molecule has 0 fully saturated rings. The molecule has 0 spiro atoms. The predicted molar refractivity (Wildman–Crippen MR) is 79.5 cm³/mol. The summed E-state index contributed by atoms with van der Waals surface area (Å²) in [5, 5.41) is 8.57. The summed E-state index contributed by atoms with van der Waals surface area (Å²) in [5.74, 6) is -1.86. The molecule has 2 N–H and O–H groups in total. The fraction of sp³-hybridized carbons (Fsp3) is 0.417. The van der Waals surface area contributed by atoms with Crippen molar-refractivity contribution in [3.63, 3.8) is 0 Å². The van der Waals surface area contributed by atoms with E-state index in [0.29, 0.717) is 12.1 Å². The lowest BCUT2D eigenvalue weighted by Crippen LogP contribution is -2.22. The number of sulfonamides is 1. The number of sulfone groups is 1. The van der Waals surface area contributed by atoms with Gasteiger partial charge in [-0.2, -0.15) is 0 Å². The number of hydrogen-bond donors (Lipinski definition) is 2. The number of rotatable bonds is 8. The van der Waals surface area contributed by atoms with Gasteiger partial charge in [0.15, 0.2) is 0 Å². The van der Waals surface area contributed by atoms with Crippen LogP contribution in [0.2, 0.25) is 0 Å². The first kappa shape index (κ1) is 17.4. The van der Waals surface area contributed by atoms with Crippen LogP contribution in [0.4, 0.5) is 5.69 Å². The second kappa shape index (κ2) is 6.90. The van der Waals surface area contributed by atoms with E-state index in [1.54, 1.807) is 12.1 Å². The van der Waals surface area contributed by atoms with Crippen LogP contribution in [-0.4, -0.2) is 45.7 Å². The Morgan fingerprint density at radius 1 is 1.10 bits per heavy atom. The average Bonchev–Trinajstić information content (AvgIpc) is 2.35. The lowest BCUT2D eigenvalue weighted by atomic mass is 10.1. The van der Waals surface area contributed by atoms with Crippen molar-refractivity contribution in [3.8, 4) is 0 Å². The second-order valence-electron chi connectivity index (χ2n) is 4.64. The lowest BCUT2D eigenvalue weighted by molar-refractivity contribution is -0.136. The van der Waals surface area contributed by atoms with Crippen LogP contribution < -0.4 is 4.72 Å². The monoisotopic (exact) mass is 335 g/mol. The number of aryl methyl sites for hydroxylation is 1. The van der Waals surface area contributed by atoms with Crippen molar-refractivity contribution in [1.82, 2.24) is 0 Å². The number of benzene rings is 1. The Morgan fingerprint density at radius 3 is 2.14 bits per heavy atom. The van der Waals surface area contributed by atoms with Crippen molar-refractivity contribution < 1.29 is 26.7 Å². The van der Waals surface area contributed by atoms with Gasteiger partial charge >= 0.3 is 5.97 Å². The van der Waals surface area contributed by atoms with Gasteiger partial charge in [-0.15, -0.1) is 0 Å². The Morgan fingerprint density at radius 2 is 1.67 bits per heavy atom. The first-order chi connectivity index (χ1) is 9.57. The highest BCUT2D eigenvalue weighted by atomic mass is 32.2. The number of carboxylic acids is 1. The molecule has 0 saturated heterocycles. The van der Waals surface area contributed by atoms with E-state index in [4.69, 9.17) is 5.11 Å². The molecule has 1 aromatic rings. The summed E-state index contributed by atoms with van der Waals surface area (Å²) in [4.78, 5) is 10.4. The third kappa shape index (κ3) is 7.66. The molecule has 1 aromatic carbocycles. The van der Waals surface area contributed by atoms with E-state index in [1.807, 2.05) is 0 Å². The molecule has 7 nitrogen and oxygen atoms in total. The number of hydrogen-bond acceptors (Lipinski definition) is 5. The predicted octanol–water partition coefficient (Wildman–Crippen LogP) is 0.490. The third-order valence-electron chi connectivity index (χ3n) is 2.58. The molecule has 0 aliphatic rings. The number of nitrogens with one attached hydrogen (secondary N) is 1. The number of anilines is 1. The van der Waals surface area contributed by atoms with Crippen molar-refractivity contribution in [2.45, 2.75) is 12.8 Å². The van der Waals surface area contributed by atoms with Gasteiger partial charge in [0.05, 0.1) is 11.5 Å². The van der Waals surface area contributed by atoms with Crippen molar-refractivity contribution in [1.29, 1.82) is 0 Å². The van der Waals surface area contributed by atoms with Gasteiger partial charge in [-0.1, -0.05) is 12.1 Å². The molecule has 9 heteroatoms. The zero-order valence-corrected chi connectivity index (χ0v) is 13.1. The largest absolute Gasteiger partial charge is 0.481 e. The molecule has 0 heterocycles. The topological polar surface area (TPSA) is 118 Å². The van der Waals surface area contributed by atoms with Gasteiger partial charge < -0.3 is 5.11 Å². The minimum atomic E-state index is -3.73. The maximum Gasteiger partial charge on any atom is 0.303 e. The van der Waals surface area contributed by atoms with Gasteiger partial charge in [-0.25, -0.2) is 16.8 Å². The Labute approximate surface area is 124 Å². The molecule has 0 amide bonds. The molecule has 0 atom stereocenters. The molecule has 21 heavy (non-hydrogen) atoms. The Balaban J connectivity index is 2.64. The molecular weight excluding hydrogens is 318 g/mol. The molecule has 118 valence electrons. The zero-order chi connectivity index (χ0) is 16.1. The maximum absolute atomic E-state index is 11.7. The average molecular weight is 335 g/mol. The molecular formula is C12H17NO6S2. The Kier molecular flexibility index (Phi) is 5.73. The Hall–Kier alpha value is -1.61.